The van der Waals surface area contributed by atoms with Crippen LogP contribution in [0.15, 0.2) is 23.3 Å². The van der Waals surface area contributed by atoms with Gasteiger partial charge in [-0.05, 0) is 85.5 Å². The molecular weight excluding hydrogens is 472 g/mol. The van der Waals surface area contributed by atoms with Gasteiger partial charge in [0.15, 0.2) is 11.6 Å². The van der Waals surface area contributed by atoms with E-state index in [0.29, 0.717) is 6.54 Å². The molecule has 3 unspecified atom stereocenters. The molecule has 206 valence electrons. The highest BCUT2D eigenvalue weighted by atomic mass is 16.2. The number of ketones is 2. The van der Waals surface area contributed by atoms with Crippen molar-refractivity contribution < 1.29 is 14.4 Å². The normalized spacial score (nSPS) is 44.8. The molecule has 0 aromatic rings. The summed E-state index contributed by atoms with van der Waals surface area (Å²) in [5.74, 6) is 0.610. The van der Waals surface area contributed by atoms with Crippen molar-refractivity contribution in [1.82, 2.24) is 5.32 Å². The number of hydrogen-bond donors (Lipinski definition) is 1. The van der Waals surface area contributed by atoms with Crippen molar-refractivity contribution in [3.8, 4) is 6.07 Å². The lowest BCUT2D eigenvalue weighted by Gasteiger charge is -2.68. The molecule has 5 aliphatic rings. The van der Waals surface area contributed by atoms with Gasteiger partial charge in [0.1, 0.15) is 6.07 Å². The monoisotopic (exact) mass is 518 g/mol. The molecule has 38 heavy (non-hydrogen) atoms. The van der Waals surface area contributed by atoms with E-state index in [1.165, 1.54) is 0 Å². The highest BCUT2D eigenvalue weighted by Crippen LogP contribution is 2.73. The Balaban J connectivity index is 1.64. The zero-order chi connectivity index (χ0) is 28.1. The van der Waals surface area contributed by atoms with E-state index in [1.807, 2.05) is 32.9 Å². The van der Waals surface area contributed by atoms with Gasteiger partial charge in [0.2, 0.25) is 5.91 Å². The summed E-state index contributed by atoms with van der Waals surface area (Å²) >= 11 is 0. The molecule has 1 amide bonds. The second-order valence-corrected chi connectivity index (χ2v) is 15.2. The van der Waals surface area contributed by atoms with E-state index in [4.69, 9.17) is 0 Å². The largest absolute Gasteiger partial charge is 0.356 e. The maximum atomic E-state index is 14.4. The molecule has 5 nitrogen and oxygen atoms in total. The van der Waals surface area contributed by atoms with E-state index < -0.39 is 10.8 Å². The first-order valence-electron chi connectivity index (χ1n) is 14.8. The summed E-state index contributed by atoms with van der Waals surface area (Å²) in [7, 11) is 0. The Morgan fingerprint density at radius 3 is 2.34 bits per heavy atom. The lowest BCUT2D eigenvalue weighted by atomic mass is 9.35. The molecule has 0 bridgehead atoms. The van der Waals surface area contributed by atoms with Crippen molar-refractivity contribution in [3.05, 3.63) is 23.3 Å². The van der Waals surface area contributed by atoms with Crippen molar-refractivity contribution in [2.75, 3.05) is 6.54 Å². The maximum Gasteiger partial charge on any atom is 0.223 e. The minimum atomic E-state index is -0.650. The molecule has 0 radical (unpaired) electrons. The predicted octanol–water partition coefficient (Wildman–Crippen LogP) is 6.20. The van der Waals surface area contributed by atoms with Gasteiger partial charge < -0.3 is 5.32 Å². The third kappa shape index (κ3) is 3.44. The topological polar surface area (TPSA) is 87.0 Å². The van der Waals surface area contributed by atoms with Crippen molar-refractivity contribution in [2.45, 2.75) is 93.9 Å². The Labute approximate surface area is 228 Å². The quantitative estimate of drug-likeness (QED) is 0.472. The Bertz CT molecular complexity index is 1200. The Hall–Kier alpha value is -2.22. The number of allylic oxidation sites excluding steroid dienone is 4. The average molecular weight is 519 g/mol. The number of Topliss-reactive ketones (excluding diaryl/α,β-unsaturated/α-hetero) is 1. The SMILES string of the molecule is CCNC(=O)[C@@H]1CC(C)(C)CC2C1CC[C@]1(C)C2C(=O)C=C2[C@@]3(C)C=C(C#N)C(=O)C(C)(C)[C@@H]3CC[C@]21C. The minimum Gasteiger partial charge on any atom is -0.356 e. The van der Waals surface area contributed by atoms with Crippen molar-refractivity contribution in [2.24, 2.45) is 56.7 Å². The van der Waals surface area contributed by atoms with Crippen LogP contribution in [0.2, 0.25) is 0 Å². The second kappa shape index (κ2) is 8.39. The molecule has 8 atom stereocenters. The summed E-state index contributed by atoms with van der Waals surface area (Å²) in [6, 6.07) is 2.19. The summed E-state index contributed by atoms with van der Waals surface area (Å²) in [4.78, 5) is 40.8. The standard InChI is InChI=1S/C33H46N2O3/c1-9-35-28(38)22-17-29(2,3)16-21-20(22)10-12-33(8)26(21)23(36)14-25-31(6)15-19(18-34)27(37)30(4,5)24(31)11-13-32(25,33)7/h14-15,20-22,24,26H,9-13,16-17H2,1-8H3,(H,35,38)/t20?,21?,22-,24+,26?,31+,32-,33-/m1/s1. The number of hydrogen-bond acceptors (Lipinski definition) is 4. The van der Waals surface area contributed by atoms with Crippen LogP contribution >= 0.6 is 0 Å². The van der Waals surface area contributed by atoms with Crippen LogP contribution in [0.3, 0.4) is 0 Å². The molecule has 0 saturated heterocycles. The van der Waals surface area contributed by atoms with Gasteiger partial charge in [0, 0.05) is 29.2 Å². The molecule has 5 aliphatic carbocycles. The molecule has 0 aliphatic heterocycles. The summed E-state index contributed by atoms with van der Waals surface area (Å²) < 4.78 is 0. The first-order chi connectivity index (χ1) is 17.6. The van der Waals surface area contributed by atoms with Gasteiger partial charge >= 0.3 is 0 Å². The van der Waals surface area contributed by atoms with Gasteiger partial charge in [-0.3, -0.25) is 14.4 Å². The molecule has 5 heteroatoms. The van der Waals surface area contributed by atoms with E-state index >= 15 is 0 Å². The summed E-state index contributed by atoms with van der Waals surface area (Å²) in [6.45, 7) is 18.0. The Morgan fingerprint density at radius 2 is 1.71 bits per heavy atom. The number of carbonyl (C=O) groups excluding carboxylic acids is 3. The first-order valence-corrected chi connectivity index (χ1v) is 14.8. The predicted molar refractivity (Wildman–Crippen MR) is 148 cm³/mol. The van der Waals surface area contributed by atoms with Crippen LogP contribution in [-0.4, -0.2) is 24.0 Å². The molecular formula is C33H46N2O3. The van der Waals surface area contributed by atoms with Crippen LogP contribution in [-0.2, 0) is 14.4 Å². The fourth-order valence-corrected chi connectivity index (χ4v) is 10.6. The Kier molecular flexibility index (Phi) is 6.04. The molecule has 0 aromatic carbocycles. The third-order valence-corrected chi connectivity index (χ3v) is 12.4. The van der Waals surface area contributed by atoms with Crippen molar-refractivity contribution in [1.29, 1.82) is 5.26 Å². The zero-order valence-corrected chi connectivity index (χ0v) is 24.7. The third-order valence-electron chi connectivity index (χ3n) is 12.4. The van der Waals surface area contributed by atoms with Crippen LogP contribution < -0.4 is 5.32 Å². The number of carbonyl (C=O) groups is 3. The molecule has 0 heterocycles. The van der Waals surface area contributed by atoms with E-state index in [1.54, 1.807) is 0 Å². The van der Waals surface area contributed by atoms with E-state index in [-0.39, 0.29) is 68.9 Å². The van der Waals surface area contributed by atoms with Gasteiger partial charge in [0.25, 0.3) is 0 Å². The second-order valence-electron chi connectivity index (χ2n) is 15.2. The lowest BCUT2D eigenvalue weighted by molar-refractivity contribution is -0.164. The van der Waals surface area contributed by atoms with Crippen LogP contribution in [0.5, 0.6) is 0 Å². The number of nitrogens with one attached hydrogen (secondary N) is 1. The van der Waals surface area contributed by atoms with Crippen LogP contribution in [0, 0.1) is 68.0 Å². The summed E-state index contributed by atoms with van der Waals surface area (Å²) in [5.41, 5.74) is -0.226. The summed E-state index contributed by atoms with van der Waals surface area (Å²) in [5, 5.41) is 13.0. The Morgan fingerprint density at radius 1 is 1.03 bits per heavy atom. The van der Waals surface area contributed by atoms with Gasteiger partial charge in [-0.15, -0.1) is 0 Å². The fraction of sp³-hybridized carbons (Fsp3) is 0.758. The molecule has 5 rings (SSSR count). The highest BCUT2D eigenvalue weighted by molar-refractivity contribution is 6.04. The number of fused-ring (bicyclic) bond motifs is 7. The lowest BCUT2D eigenvalue weighted by Crippen LogP contribution is -2.64. The van der Waals surface area contributed by atoms with E-state index in [0.717, 1.165) is 44.1 Å². The zero-order valence-electron chi connectivity index (χ0n) is 24.7. The van der Waals surface area contributed by atoms with E-state index in [2.05, 4.69) is 46.0 Å². The van der Waals surface area contributed by atoms with Gasteiger partial charge in [-0.2, -0.15) is 5.26 Å². The van der Waals surface area contributed by atoms with Gasteiger partial charge in [-0.1, -0.05) is 60.1 Å². The smallest absolute Gasteiger partial charge is 0.223 e. The van der Waals surface area contributed by atoms with Crippen LogP contribution in [0.1, 0.15) is 93.9 Å². The van der Waals surface area contributed by atoms with E-state index in [9.17, 15) is 19.6 Å². The molecule has 3 fully saturated rings. The maximum absolute atomic E-state index is 14.4. The van der Waals surface area contributed by atoms with Crippen molar-refractivity contribution >= 4 is 17.5 Å². The fourth-order valence-electron chi connectivity index (χ4n) is 10.6. The number of nitrogens with zero attached hydrogens (tertiary/aromatic N) is 1. The number of rotatable bonds is 2. The first kappa shape index (κ1) is 27.4. The van der Waals surface area contributed by atoms with Gasteiger partial charge in [-0.25, -0.2) is 0 Å². The van der Waals surface area contributed by atoms with Crippen LogP contribution in [0.25, 0.3) is 0 Å². The van der Waals surface area contributed by atoms with Gasteiger partial charge in [0.05, 0.1) is 5.57 Å². The summed E-state index contributed by atoms with van der Waals surface area (Å²) in [6.07, 6.45) is 9.43. The van der Waals surface area contributed by atoms with Crippen LogP contribution in [0.4, 0.5) is 0 Å². The molecule has 0 aromatic heterocycles. The highest BCUT2D eigenvalue weighted by Gasteiger charge is 2.68. The molecule has 3 saturated carbocycles. The number of amides is 1. The van der Waals surface area contributed by atoms with Crippen molar-refractivity contribution in [3.63, 3.8) is 0 Å². The molecule has 0 spiro atoms. The number of nitriles is 1. The minimum absolute atomic E-state index is 0.00215. The average Bonchev–Trinajstić information content (AvgIpc) is 2.82. The molecule has 1 N–H and O–H groups in total.